The van der Waals surface area contributed by atoms with Gasteiger partial charge in [-0.15, -0.1) is 0 Å². The molecule has 1 aliphatic heterocycles. The highest BCUT2D eigenvalue weighted by atomic mass is 79.9. The van der Waals surface area contributed by atoms with E-state index in [4.69, 9.17) is 9.47 Å². The molecule has 37 heavy (non-hydrogen) atoms. The molecule has 0 saturated carbocycles. The van der Waals surface area contributed by atoms with E-state index in [1.807, 2.05) is 43.3 Å². The molecule has 0 radical (unpaired) electrons. The second-order valence-electron chi connectivity index (χ2n) is 7.86. The first-order chi connectivity index (χ1) is 17.8. The highest BCUT2D eigenvalue weighted by Gasteiger charge is 2.32. The van der Waals surface area contributed by atoms with Crippen LogP contribution in [0.5, 0.6) is 11.5 Å². The zero-order chi connectivity index (χ0) is 26.5. The van der Waals surface area contributed by atoms with E-state index in [2.05, 4.69) is 36.9 Å². The molecule has 0 atom stereocenters. The number of aliphatic imine (C=N–C) groups is 1. The number of likely N-dealkylation sites (N-methyl/N-ethyl adjacent to an activating group) is 1. The van der Waals surface area contributed by atoms with Gasteiger partial charge in [0, 0.05) is 11.0 Å². The van der Waals surface area contributed by atoms with Crippen molar-refractivity contribution >= 4 is 72.4 Å². The highest BCUT2D eigenvalue weighted by molar-refractivity contribution is 9.10. The summed E-state index contributed by atoms with van der Waals surface area (Å²) < 4.78 is 13.3. The second-order valence-corrected chi connectivity index (χ2v) is 10.6. The Hall–Kier alpha value is -3.08. The molecule has 0 aliphatic carbocycles. The maximum Gasteiger partial charge on any atom is 0.335 e. The lowest BCUT2D eigenvalue weighted by molar-refractivity contribution is -0.122. The number of carboxylic acid groups (broad SMARTS) is 1. The van der Waals surface area contributed by atoms with Crippen LogP contribution in [0.2, 0.25) is 0 Å². The van der Waals surface area contributed by atoms with E-state index in [1.165, 1.54) is 23.9 Å². The second kappa shape index (κ2) is 12.0. The number of rotatable bonds is 8. The van der Waals surface area contributed by atoms with Gasteiger partial charge in [0.2, 0.25) is 0 Å². The van der Waals surface area contributed by atoms with Crippen molar-refractivity contribution in [2.24, 2.45) is 4.99 Å². The SMILES string of the molecule is CCN1C(=O)/C(=C\c2cc(Br)c(OCc3ccc(Br)cc3)c(OC)c2)SC1=Nc1cccc(C(=O)O)c1. The van der Waals surface area contributed by atoms with Crippen LogP contribution in [0.15, 0.2) is 79.5 Å². The predicted octanol–water partition coefficient (Wildman–Crippen LogP) is 7.12. The van der Waals surface area contributed by atoms with Gasteiger partial charge in [0.1, 0.15) is 6.61 Å². The lowest BCUT2D eigenvalue weighted by Gasteiger charge is -2.14. The number of hydrogen-bond donors (Lipinski definition) is 1. The number of thioether (sulfide) groups is 1. The van der Waals surface area contributed by atoms with Gasteiger partial charge in [0.15, 0.2) is 16.7 Å². The van der Waals surface area contributed by atoms with Crippen molar-refractivity contribution in [1.82, 2.24) is 4.90 Å². The molecule has 1 amide bonds. The number of amides is 1. The van der Waals surface area contributed by atoms with Crippen LogP contribution in [-0.2, 0) is 11.4 Å². The number of carboxylic acids is 1. The van der Waals surface area contributed by atoms with E-state index < -0.39 is 5.97 Å². The summed E-state index contributed by atoms with van der Waals surface area (Å²) >= 11 is 8.24. The number of amidine groups is 1. The van der Waals surface area contributed by atoms with E-state index >= 15 is 0 Å². The molecule has 1 N–H and O–H groups in total. The highest BCUT2D eigenvalue weighted by Crippen LogP contribution is 2.40. The third-order valence-electron chi connectivity index (χ3n) is 5.37. The number of aromatic carboxylic acids is 1. The Morgan fingerprint density at radius 1 is 1.14 bits per heavy atom. The maximum absolute atomic E-state index is 13.1. The van der Waals surface area contributed by atoms with Gasteiger partial charge in [-0.1, -0.05) is 34.1 Å². The average molecular weight is 646 g/mol. The molecule has 0 bridgehead atoms. The molecule has 10 heteroatoms. The van der Waals surface area contributed by atoms with Crippen LogP contribution < -0.4 is 9.47 Å². The zero-order valence-electron chi connectivity index (χ0n) is 19.9. The number of methoxy groups -OCH3 is 1. The number of nitrogens with zero attached hydrogens (tertiary/aromatic N) is 2. The molecule has 4 rings (SSSR count). The monoisotopic (exact) mass is 644 g/mol. The molecular weight excluding hydrogens is 624 g/mol. The Bertz CT molecular complexity index is 1410. The number of hydrogen-bond acceptors (Lipinski definition) is 6. The fourth-order valence-electron chi connectivity index (χ4n) is 3.54. The summed E-state index contributed by atoms with van der Waals surface area (Å²) in [7, 11) is 1.56. The van der Waals surface area contributed by atoms with Crippen molar-refractivity contribution in [3.05, 3.63) is 91.2 Å². The average Bonchev–Trinajstić information content (AvgIpc) is 3.17. The van der Waals surface area contributed by atoms with Crippen molar-refractivity contribution in [2.75, 3.05) is 13.7 Å². The smallest absolute Gasteiger partial charge is 0.335 e. The zero-order valence-corrected chi connectivity index (χ0v) is 23.9. The van der Waals surface area contributed by atoms with Gasteiger partial charge < -0.3 is 14.6 Å². The maximum atomic E-state index is 13.1. The van der Waals surface area contributed by atoms with E-state index in [0.29, 0.717) is 44.9 Å². The molecule has 3 aromatic carbocycles. The van der Waals surface area contributed by atoms with Crippen LogP contribution in [0.3, 0.4) is 0 Å². The minimum atomic E-state index is -1.03. The van der Waals surface area contributed by atoms with Gasteiger partial charge in [-0.05, 0) is 94.3 Å². The van der Waals surface area contributed by atoms with Crippen LogP contribution in [0, 0.1) is 0 Å². The minimum absolute atomic E-state index is 0.134. The van der Waals surface area contributed by atoms with Crippen LogP contribution in [0.4, 0.5) is 5.69 Å². The number of halogens is 2. The summed E-state index contributed by atoms with van der Waals surface area (Å²) in [6.45, 7) is 2.66. The molecule has 190 valence electrons. The van der Waals surface area contributed by atoms with Crippen molar-refractivity contribution in [1.29, 1.82) is 0 Å². The molecule has 3 aromatic rings. The largest absolute Gasteiger partial charge is 0.493 e. The molecule has 1 fully saturated rings. The molecule has 1 aliphatic rings. The van der Waals surface area contributed by atoms with Crippen molar-refractivity contribution in [3.63, 3.8) is 0 Å². The van der Waals surface area contributed by atoms with Gasteiger partial charge in [-0.25, -0.2) is 9.79 Å². The van der Waals surface area contributed by atoms with Gasteiger partial charge in [0.05, 0.1) is 27.7 Å². The molecule has 0 unspecified atom stereocenters. The molecule has 0 aromatic heterocycles. The standard InChI is InChI=1S/C27H22Br2N2O5S/c1-3-31-25(32)23(37-27(31)30-20-6-4-5-18(14-20)26(33)34)13-17-11-21(29)24(22(12-17)35-2)36-15-16-7-9-19(28)10-8-16/h4-14H,3,15H2,1-2H3,(H,33,34)/b23-13+,30-27?. The Balaban J connectivity index is 1.59. The van der Waals surface area contributed by atoms with Crippen molar-refractivity contribution in [3.8, 4) is 11.5 Å². The fourth-order valence-corrected chi connectivity index (χ4v) is 5.44. The summed E-state index contributed by atoms with van der Waals surface area (Å²) in [5.74, 6) is -0.116. The summed E-state index contributed by atoms with van der Waals surface area (Å²) in [6, 6.07) is 17.8. The first kappa shape index (κ1) is 27.0. The van der Waals surface area contributed by atoms with Crippen LogP contribution in [0.1, 0.15) is 28.4 Å². The first-order valence-electron chi connectivity index (χ1n) is 11.2. The van der Waals surface area contributed by atoms with Gasteiger partial charge in [-0.2, -0.15) is 0 Å². The van der Waals surface area contributed by atoms with Crippen molar-refractivity contribution in [2.45, 2.75) is 13.5 Å². The van der Waals surface area contributed by atoms with E-state index in [9.17, 15) is 14.7 Å². The van der Waals surface area contributed by atoms with E-state index in [0.717, 1.165) is 15.6 Å². The minimum Gasteiger partial charge on any atom is -0.493 e. The first-order valence-corrected chi connectivity index (χ1v) is 13.6. The Morgan fingerprint density at radius 3 is 2.57 bits per heavy atom. The number of benzene rings is 3. The molecule has 0 spiro atoms. The topological polar surface area (TPSA) is 88.4 Å². The molecule has 1 saturated heterocycles. The fraction of sp³-hybridized carbons (Fsp3) is 0.148. The third kappa shape index (κ3) is 6.44. The van der Waals surface area contributed by atoms with Gasteiger partial charge in [0.25, 0.3) is 5.91 Å². The van der Waals surface area contributed by atoms with Crippen LogP contribution >= 0.6 is 43.6 Å². The van der Waals surface area contributed by atoms with Gasteiger partial charge >= 0.3 is 5.97 Å². The van der Waals surface area contributed by atoms with Crippen molar-refractivity contribution < 1.29 is 24.2 Å². The number of carbonyl (C=O) groups excluding carboxylic acids is 1. The van der Waals surface area contributed by atoms with Crippen LogP contribution in [-0.4, -0.2) is 40.7 Å². The Morgan fingerprint density at radius 2 is 1.89 bits per heavy atom. The number of ether oxygens (including phenoxy) is 2. The quantitative estimate of drug-likeness (QED) is 0.263. The molecular formula is C27H22Br2N2O5S. The summed E-state index contributed by atoms with van der Waals surface area (Å²) in [5.41, 5.74) is 2.36. The molecule has 7 nitrogen and oxygen atoms in total. The normalized spacial score (nSPS) is 15.5. The summed E-state index contributed by atoms with van der Waals surface area (Å²) in [6.07, 6.45) is 1.78. The Labute approximate surface area is 235 Å². The third-order valence-corrected chi connectivity index (χ3v) is 7.49. The Kier molecular flexibility index (Phi) is 8.73. The van der Waals surface area contributed by atoms with E-state index in [1.54, 1.807) is 30.2 Å². The summed E-state index contributed by atoms with van der Waals surface area (Å²) in [4.78, 5) is 31.0. The van der Waals surface area contributed by atoms with Gasteiger partial charge in [-0.3, -0.25) is 9.69 Å². The summed E-state index contributed by atoms with van der Waals surface area (Å²) in [5, 5.41) is 9.74. The lowest BCUT2D eigenvalue weighted by atomic mass is 10.1. The van der Waals surface area contributed by atoms with E-state index in [-0.39, 0.29) is 11.5 Å². The molecule has 1 heterocycles. The van der Waals surface area contributed by atoms with Crippen LogP contribution in [0.25, 0.3) is 6.08 Å². The number of carbonyl (C=O) groups is 2. The lowest BCUT2D eigenvalue weighted by Crippen LogP contribution is -2.28. The predicted molar refractivity (Wildman–Crippen MR) is 153 cm³/mol.